The van der Waals surface area contributed by atoms with E-state index in [0.29, 0.717) is 28.3 Å². The Bertz CT molecular complexity index is 1110. The van der Waals surface area contributed by atoms with Crippen LogP contribution in [-0.4, -0.2) is 37.2 Å². The average Bonchev–Trinajstić information content (AvgIpc) is 2.79. The van der Waals surface area contributed by atoms with Gasteiger partial charge < -0.3 is 10.6 Å². The molecule has 8 heteroatoms. The quantitative estimate of drug-likeness (QED) is 0.475. The SMILES string of the molecule is CN(CC(=O)NC(=O)[C@@H](N)Cc1ccccc1)c1ccc(Cl)cc1C(=O)c1ccccc1.Cl. The van der Waals surface area contributed by atoms with Crippen LogP contribution in [0.4, 0.5) is 5.69 Å². The number of nitrogens with zero attached hydrogens (tertiary/aromatic N) is 1. The van der Waals surface area contributed by atoms with Crippen molar-refractivity contribution in [2.45, 2.75) is 12.5 Å². The van der Waals surface area contributed by atoms with Crippen LogP contribution >= 0.6 is 24.0 Å². The van der Waals surface area contributed by atoms with E-state index in [1.807, 2.05) is 36.4 Å². The number of imide groups is 1. The fourth-order valence-electron chi connectivity index (χ4n) is 3.30. The molecule has 172 valence electrons. The maximum Gasteiger partial charge on any atom is 0.246 e. The predicted octanol–water partition coefficient (Wildman–Crippen LogP) is 3.64. The number of benzene rings is 3. The van der Waals surface area contributed by atoms with E-state index in [-0.39, 0.29) is 24.7 Å². The van der Waals surface area contributed by atoms with Crippen molar-refractivity contribution in [3.8, 4) is 0 Å². The van der Waals surface area contributed by atoms with Gasteiger partial charge in [0.2, 0.25) is 11.8 Å². The third kappa shape index (κ3) is 7.15. The normalized spacial score (nSPS) is 11.1. The Morgan fingerprint density at radius 1 is 0.970 bits per heavy atom. The van der Waals surface area contributed by atoms with Crippen LogP contribution in [-0.2, 0) is 16.0 Å². The summed E-state index contributed by atoms with van der Waals surface area (Å²) in [5.74, 6) is -1.28. The number of carbonyl (C=O) groups excluding carboxylic acids is 3. The van der Waals surface area contributed by atoms with Crippen molar-refractivity contribution < 1.29 is 14.4 Å². The molecule has 0 spiro atoms. The molecule has 33 heavy (non-hydrogen) atoms. The molecule has 6 nitrogen and oxygen atoms in total. The minimum Gasteiger partial charge on any atom is -0.365 e. The molecule has 3 aromatic rings. The summed E-state index contributed by atoms with van der Waals surface area (Å²) in [6.45, 7) is -0.138. The molecule has 1 atom stereocenters. The second-order valence-electron chi connectivity index (χ2n) is 7.42. The molecule has 0 saturated heterocycles. The number of ketones is 1. The summed E-state index contributed by atoms with van der Waals surface area (Å²) in [5.41, 5.74) is 8.26. The lowest BCUT2D eigenvalue weighted by Crippen LogP contribution is -2.47. The molecule has 0 unspecified atom stereocenters. The fraction of sp³-hybridized carbons (Fsp3) is 0.160. The maximum absolute atomic E-state index is 13.0. The molecule has 0 fully saturated rings. The molecule has 0 saturated carbocycles. The summed E-state index contributed by atoms with van der Waals surface area (Å²) in [4.78, 5) is 39.4. The number of anilines is 1. The summed E-state index contributed by atoms with van der Waals surface area (Å²) in [7, 11) is 1.67. The molecule has 0 heterocycles. The van der Waals surface area contributed by atoms with Gasteiger partial charge in [-0.1, -0.05) is 72.3 Å². The minimum absolute atomic E-state index is 0. The first kappa shape index (κ1) is 26.1. The highest BCUT2D eigenvalue weighted by molar-refractivity contribution is 6.31. The molecule has 0 bridgehead atoms. The van der Waals surface area contributed by atoms with Gasteiger partial charge in [-0.3, -0.25) is 19.7 Å². The first-order chi connectivity index (χ1) is 15.3. The zero-order chi connectivity index (χ0) is 23.1. The van der Waals surface area contributed by atoms with E-state index in [1.165, 1.54) is 0 Å². The second kappa shape index (κ2) is 12.2. The van der Waals surface area contributed by atoms with Gasteiger partial charge in [0.1, 0.15) is 0 Å². The van der Waals surface area contributed by atoms with Crippen LogP contribution in [0.3, 0.4) is 0 Å². The van der Waals surface area contributed by atoms with Gasteiger partial charge in [0.05, 0.1) is 12.6 Å². The topological polar surface area (TPSA) is 92.5 Å². The number of carbonyl (C=O) groups is 3. The van der Waals surface area contributed by atoms with Crippen LogP contribution in [0.15, 0.2) is 78.9 Å². The second-order valence-corrected chi connectivity index (χ2v) is 7.86. The molecule has 2 amide bonds. The Labute approximate surface area is 204 Å². The number of nitrogens with one attached hydrogen (secondary N) is 1. The molecule has 0 aliphatic rings. The van der Waals surface area contributed by atoms with Gasteiger partial charge in [0.25, 0.3) is 0 Å². The van der Waals surface area contributed by atoms with Gasteiger partial charge in [0, 0.05) is 28.9 Å². The molecule has 0 aliphatic heterocycles. The predicted molar refractivity (Wildman–Crippen MR) is 133 cm³/mol. The van der Waals surface area contributed by atoms with Crippen LogP contribution in [0.1, 0.15) is 21.5 Å². The van der Waals surface area contributed by atoms with Crippen molar-refractivity contribution in [1.29, 1.82) is 0 Å². The Morgan fingerprint density at radius 3 is 2.21 bits per heavy atom. The van der Waals surface area contributed by atoms with Crippen LogP contribution in [0.5, 0.6) is 0 Å². The lowest BCUT2D eigenvalue weighted by atomic mass is 10.0. The smallest absolute Gasteiger partial charge is 0.246 e. The zero-order valence-electron chi connectivity index (χ0n) is 18.0. The Kier molecular flexibility index (Phi) is 9.60. The molecule has 3 aromatic carbocycles. The van der Waals surface area contributed by atoms with Gasteiger partial charge in [-0.15, -0.1) is 12.4 Å². The maximum atomic E-state index is 13.0. The van der Waals surface area contributed by atoms with Gasteiger partial charge in [0.15, 0.2) is 5.78 Å². The van der Waals surface area contributed by atoms with Crippen LogP contribution in [0.2, 0.25) is 5.02 Å². The Hall–Kier alpha value is -3.19. The summed E-state index contributed by atoms with van der Waals surface area (Å²) in [6.07, 6.45) is 0.322. The van der Waals surface area contributed by atoms with E-state index in [1.54, 1.807) is 54.4 Å². The summed E-state index contributed by atoms with van der Waals surface area (Å²) in [5, 5.41) is 2.75. The lowest BCUT2D eigenvalue weighted by Gasteiger charge is -2.22. The Balaban J connectivity index is 0.00000385. The molecule has 0 aromatic heterocycles. The third-order valence-electron chi connectivity index (χ3n) is 4.93. The first-order valence-electron chi connectivity index (χ1n) is 10.1. The molecule has 3 N–H and O–H groups in total. The summed E-state index contributed by atoms with van der Waals surface area (Å²) >= 11 is 6.12. The van der Waals surface area contributed by atoms with Crippen LogP contribution < -0.4 is 16.0 Å². The number of likely N-dealkylation sites (N-methyl/N-ethyl adjacent to an activating group) is 1. The van der Waals surface area contributed by atoms with Gasteiger partial charge in [-0.05, 0) is 30.2 Å². The van der Waals surface area contributed by atoms with E-state index in [9.17, 15) is 14.4 Å². The number of nitrogens with two attached hydrogens (primary N) is 1. The molecular formula is C25H25Cl2N3O3. The summed E-state index contributed by atoms with van der Waals surface area (Å²) < 4.78 is 0. The van der Waals surface area contributed by atoms with Gasteiger partial charge >= 0.3 is 0 Å². The number of hydrogen-bond acceptors (Lipinski definition) is 5. The van der Waals surface area contributed by atoms with Crippen molar-refractivity contribution in [1.82, 2.24) is 5.32 Å². The van der Waals surface area contributed by atoms with Crippen molar-refractivity contribution in [2.75, 3.05) is 18.5 Å². The van der Waals surface area contributed by atoms with Crippen LogP contribution in [0, 0.1) is 0 Å². The number of rotatable bonds is 8. The van der Waals surface area contributed by atoms with E-state index in [2.05, 4.69) is 5.32 Å². The van der Waals surface area contributed by atoms with E-state index in [0.717, 1.165) is 5.56 Å². The number of halogens is 2. The third-order valence-corrected chi connectivity index (χ3v) is 5.16. The van der Waals surface area contributed by atoms with Gasteiger partial charge in [-0.25, -0.2) is 0 Å². The molecule has 3 rings (SSSR count). The van der Waals surface area contributed by atoms with E-state index in [4.69, 9.17) is 17.3 Å². The van der Waals surface area contributed by atoms with Crippen LogP contribution in [0.25, 0.3) is 0 Å². The van der Waals surface area contributed by atoms with E-state index >= 15 is 0 Å². The minimum atomic E-state index is -0.850. The summed E-state index contributed by atoms with van der Waals surface area (Å²) in [6, 6.07) is 22.2. The number of amides is 2. The highest BCUT2D eigenvalue weighted by Crippen LogP contribution is 2.26. The first-order valence-corrected chi connectivity index (χ1v) is 10.5. The largest absolute Gasteiger partial charge is 0.365 e. The fourth-order valence-corrected chi connectivity index (χ4v) is 3.47. The van der Waals surface area contributed by atoms with Crippen molar-refractivity contribution in [3.63, 3.8) is 0 Å². The number of hydrogen-bond donors (Lipinski definition) is 2. The average molecular weight is 486 g/mol. The standard InChI is InChI=1S/C25H24ClN3O3.ClH/c1-29(16-23(30)28-25(32)21(27)14-17-8-4-2-5-9-17)22-13-12-19(26)15-20(22)24(31)18-10-6-3-7-11-18;/h2-13,15,21H,14,16,27H2,1H3,(H,28,30,32);1H/t21-;/m0./s1. The lowest BCUT2D eigenvalue weighted by molar-refractivity contribution is -0.130. The van der Waals surface area contributed by atoms with Crippen molar-refractivity contribution in [2.24, 2.45) is 5.73 Å². The zero-order valence-corrected chi connectivity index (χ0v) is 19.6. The molecule has 0 aliphatic carbocycles. The highest BCUT2D eigenvalue weighted by Gasteiger charge is 2.21. The monoisotopic (exact) mass is 485 g/mol. The molecule has 0 radical (unpaired) electrons. The molecular weight excluding hydrogens is 461 g/mol. The van der Waals surface area contributed by atoms with E-state index < -0.39 is 17.9 Å². The van der Waals surface area contributed by atoms with Crippen molar-refractivity contribution in [3.05, 3.63) is 101 Å². The van der Waals surface area contributed by atoms with Crippen molar-refractivity contribution >= 4 is 47.3 Å². The Morgan fingerprint density at radius 2 is 1.58 bits per heavy atom. The van der Waals surface area contributed by atoms with Gasteiger partial charge in [-0.2, -0.15) is 0 Å². The highest BCUT2D eigenvalue weighted by atomic mass is 35.5.